The number of aryl methyl sites for hydroxylation is 2. The number of nitrogens with one attached hydrogen (secondary N) is 1. The quantitative estimate of drug-likeness (QED) is 0.710. The monoisotopic (exact) mass is 383 g/mol. The molecule has 0 saturated carbocycles. The van der Waals surface area contributed by atoms with Crippen molar-refractivity contribution in [2.45, 2.75) is 32.2 Å². The van der Waals surface area contributed by atoms with Crippen LogP contribution in [0.4, 0.5) is 0 Å². The molecule has 0 aromatic heterocycles. The molecule has 0 radical (unpaired) electrons. The Bertz CT molecular complexity index is 862. The highest BCUT2D eigenvalue weighted by atomic mass is 16.5. The number of methoxy groups -OCH3 is 2. The number of hydrogen-bond donors (Lipinski definition) is 1. The van der Waals surface area contributed by atoms with E-state index in [1.165, 1.54) is 17.5 Å². The number of hydrogen-bond acceptors (Lipinski definition) is 5. The average molecular weight is 383 g/mol. The van der Waals surface area contributed by atoms with Gasteiger partial charge in [0.15, 0.2) is 18.1 Å². The Kier molecular flexibility index (Phi) is 6.53. The normalized spacial score (nSPS) is 12.2. The van der Waals surface area contributed by atoms with Gasteiger partial charge in [0.25, 0.3) is 5.91 Å². The lowest BCUT2D eigenvalue weighted by Crippen LogP contribution is -2.28. The molecular formula is C22H25NO5. The van der Waals surface area contributed by atoms with Crippen LogP contribution >= 0.6 is 0 Å². The molecule has 1 aliphatic carbocycles. The van der Waals surface area contributed by atoms with E-state index in [-0.39, 0.29) is 18.9 Å². The summed E-state index contributed by atoms with van der Waals surface area (Å²) in [6, 6.07) is 11.5. The molecule has 1 N–H and O–H groups in total. The Morgan fingerprint density at radius 1 is 0.929 bits per heavy atom. The smallest absolute Gasteiger partial charge is 0.310 e. The van der Waals surface area contributed by atoms with Crippen LogP contribution in [0, 0.1) is 0 Å². The molecule has 0 unspecified atom stereocenters. The van der Waals surface area contributed by atoms with Gasteiger partial charge in [-0.15, -0.1) is 0 Å². The van der Waals surface area contributed by atoms with Crippen LogP contribution in [0.3, 0.4) is 0 Å². The minimum absolute atomic E-state index is 0.177. The van der Waals surface area contributed by atoms with E-state index in [4.69, 9.17) is 14.2 Å². The van der Waals surface area contributed by atoms with Gasteiger partial charge in [-0.25, -0.2) is 0 Å². The Morgan fingerprint density at radius 3 is 2.46 bits per heavy atom. The second kappa shape index (κ2) is 9.26. The van der Waals surface area contributed by atoms with Crippen molar-refractivity contribution in [3.8, 4) is 11.5 Å². The van der Waals surface area contributed by atoms with E-state index >= 15 is 0 Å². The zero-order valence-corrected chi connectivity index (χ0v) is 16.2. The predicted molar refractivity (Wildman–Crippen MR) is 105 cm³/mol. The Morgan fingerprint density at radius 2 is 1.68 bits per heavy atom. The second-order valence-electron chi connectivity index (χ2n) is 6.76. The molecular weight excluding hydrogens is 358 g/mol. The number of ether oxygens (including phenoxy) is 3. The summed E-state index contributed by atoms with van der Waals surface area (Å²) < 4.78 is 15.5. The number of esters is 1. The van der Waals surface area contributed by atoms with E-state index in [2.05, 4.69) is 17.4 Å². The van der Waals surface area contributed by atoms with Crippen LogP contribution in [-0.2, 0) is 40.1 Å². The summed E-state index contributed by atoms with van der Waals surface area (Å²) in [6.45, 7) is 0.0125. The highest BCUT2D eigenvalue weighted by Crippen LogP contribution is 2.27. The molecule has 6 nitrogen and oxygen atoms in total. The molecule has 0 saturated heterocycles. The van der Waals surface area contributed by atoms with Gasteiger partial charge in [0.05, 0.1) is 20.6 Å². The number of carbonyl (C=O) groups excluding carboxylic acids is 2. The third-order valence-electron chi connectivity index (χ3n) is 4.81. The first-order chi connectivity index (χ1) is 13.6. The highest BCUT2D eigenvalue weighted by molar-refractivity contribution is 5.81. The van der Waals surface area contributed by atoms with E-state index in [9.17, 15) is 9.59 Å². The molecule has 2 aromatic carbocycles. The van der Waals surface area contributed by atoms with E-state index < -0.39 is 5.97 Å². The third-order valence-corrected chi connectivity index (χ3v) is 4.81. The Labute approximate surface area is 164 Å². The van der Waals surface area contributed by atoms with Crippen molar-refractivity contribution in [2.75, 3.05) is 20.8 Å². The topological polar surface area (TPSA) is 73.9 Å². The maximum Gasteiger partial charge on any atom is 0.310 e. The summed E-state index contributed by atoms with van der Waals surface area (Å²) in [5.41, 5.74) is 4.47. The molecule has 28 heavy (non-hydrogen) atoms. The maximum atomic E-state index is 12.0. The van der Waals surface area contributed by atoms with Crippen molar-refractivity contribution >= 4 is 11.9 Å². The average Bonchev–Trinajstić information content (AvgIpc) is 3.18. The van der Waals surface area contributed by atoms with Crippen LogP contribution < -0.4 is 14.8 Å². The molecule has 1 amide bonds. The first-order valence-corrected chi connectivity index (χ1v) is 9.33. The third kappa shape index (κ3) is 5.03. The van der Waals surface area contributed by atoms with Crippen LogP contribution in [0.5, 0.6) is 11.5 Å². The van der Waals surface area contributed by atoms with Crippen molar-refractivity contribution in [3.63, 3.8) is 0 Å². The van der Waals surface area contributed by atoms with Gasteiger partial charge in [-0.05, 0) is 53.6 Å². The van der Waals surface area contributed by atoms with Crippen LogP contribution in [0.1, 0.15) is 28.7 Å². The van der Waals surface area contributed by atoms with Gasteiger partial charge in [-0.2, -0.15) is 0 Å². The molecule has 0 heterocycles. The van der Waals surface area contributed by atoms with Gasteiger partial charge in [-0.1, -0.05) is 24.3 Å². The fourth-order valence-corrected chi connectivity index (χ4v) is 3.34. The SMILES string of the molecule is COc1ccc(CNC(=O)COC(=O)Cc2ccc3c(c2)CCC3)cc1OC. The largest absolute Gasteiger partial charge is 0.493 e. The van der Waals surface area contributed by atoms with Crippen LogP contribution in [0.15, 0.2) is 36.4 Å². The second-order valence-corrected chi connectivity index (χ2v) is 6.76. The highest BCUT2D eigenvalue weighted by Gasteiger charge is 2.14. The van der Waals surface area contributed by atoms with Crippen LogP contribution in [0.2, 0.25) is 0 Å². The molecule has 0 atom stereocenters. The van der Waals surface area contributed by atoms with Gasteiger partial charge in [0.1, 0.15) is 0 Å². The van der Waals surface area contributed by atoms with E-state index in [1.54, 1.807) is 26.4 Å². The minimum atomic E-state index is -0.404. The predicted octanol–water partition coefficient (Wildman–Crippen LogP) is 2.59. The Balaban J connectivity index is 1.43. The minimum Gasteiger partial charge on any atom is -0.493 e. The van der Waals surface area contributed by atoms with Crippen molar-refractivity contribution < 1.29 is 23.8 Å². The maximum absolute atomic E-state index is 12.0. The van der Waals surface area contributed by atoms with Crippen molar-refractivity contribution in [1.29, 1.82) is 0 Å². The molecule has 0 spiro atoms. The van der Waals surface area contributed by atoms with Gasteiger partial charge < -0.3 is 19.5 Å². The van der Waals surface area contributed by atoms with Gasteiger partial charge in [0.2, 0.25) is 0 Å². The molecule has 1 aliphatic rings. The molecule has 2 aromatic rings. The van der Waals surface area contributed by atoms with E-state index in [1.807, 2.05) is 12.1 Å². The Hall–Kier alpha value is -3.02. The van der Waals surface area contributed by atoms with Crippen LogP contribution in [-0.4, -0.2) is 32.7 Å². The molecule has 6 heteroatoms. The lowest BCUT2D eigenvalue weighted by molar-refractivity contribution is -0.147. The van der Waals surface area contributed by atoms with E-state index in [0.717, 1.165) is 24.0 Å². The lowest BCUT2D eigenvalue weighted by Gasteiger charge is -2.10. The zero-order valence-electron chi connectivity index (χ0n) is 16.2. The van der Waals surface area contributed by atoms with Crippen molar-refractivity contribution in [1.82, 2.24) is 5.32 Å². The summed E-state index contributed by atoms with van der Waals surface area (Å²) in [4.78, 5) is 24.0. The molecule has 0 fully saturated rings. The fraction of sp³-hybridized carbons (Fsp3) is 0.364. The van der Waals surface area contributed by atoms with Crippen molar-refractivity contribution in [2.24, 2.45) is 0 Å². The standard InChI is InChI=1S/C22H25NO5/c1-26-19-9-7-16(11-20(19)27-2)13-23-21(24)14-28-22(25)12-15-6-8-17-4-3-5-18(17)10-15/h6-11H,3-5,12-14H2,1-2H3,(H,23,24). The number of carbonyl (C=O) groups is 2. The number of fused-ring (bicyclic) bond motifs is 1. The zero-order chi connectivity index (χ0) is 19.9. The molecule has 148 valence electrons. The summed E-state index contributed by atoms with van der Waals surface area (Å²) in [6.07, 6.45) is 3.52. The van der Waals surface area contributed by atoms with Gasteiger partial charge >= 0.3 is 5.97 Å². The summed E-state index contributed by atoms with van der Waals surface area (Å²) in [5, 5.41) is 2.73. The first-order valence-electron chi connectivity index (χ1n) is 9.33. The van der Waals surface area contributed by atoms with Gasteiger partial charge in [0, 0.05) is 6.54 Å². The number of rotatable bonds is 8. The van der Waals surface area contributed by atoms with E-state index in [0.29, 0.717) is 18.0 Å². The molecule has 0 bridgehead atoms. The summed E-state index contributed by atoms with van der Waals surface area (Å²) >= 11 is 0. The lowest BCUT2D eigenvalue weighted by atomic mass is 10.0. The fourth-order valence-electron chi connectivity index (χ4n) is 3.34. The molecule has 0 aliphatic heterocycles. The van der Waals surface area contributed by atoms with Gasteiger partial charge in [-0.3, -0.25) is 9.59 Å². The summed E-state index contributed by atoms with van der Waals surface area (Å²) in [7, 11) is 3.12. The number of amides is 1. The van der Waals surface area contributed by atoms with Crippen molar-refractivity contribution in [3.05, 3.63) is 58.7 Å². The first kappa shape index (κ1) is 19.7. The number of benzene rings is 2. The molecule has 3 rings (SSSR count). The summed E-state index contributed by atoms with van der Waals surface area (Å²) in [5.74, 6) is 0.462. The van der Waals surface area contributed by atoms with Crippen LogP contribution in [0.25, 0.3) is 0 Å².